The zero-order chi connectivity index (χ0) is 13.2. The van der Waals surface area contributed by atoms with Crippen molar-refractivity contribution >= 4 is 5.82 Å². The van der Waals surface area contributed by atoms with Crippen molar-refractivity contribution in [2.75, 3.05) is 12.5 Å². The topological polar surface area (TPSA) is 90.9 Å². The summed E-state index contributed by atoms with van der Waals surface area (Å²) in [4.78, 5) is 13.1. The number of nitrogens with two attached hydrogens (primary N) is 1. The molecule has 0 saturated heterocycles. The molecule has 0 amide bonds. The van der Waals surface area contributed by atoms with Gasteiger partial charge < -0.3 is 14.7 Å². The van der Waals surface area contributed by atoms with Gasteiger partial charge in [-0.05, 0) is 12.8 Å². The van der Waals surface area contributed by atoms with E-state index in [2.05, 4.69) is 24.9 Å². The molecule has 100 valence electrons. The summed E-state index contributed by atoms with van der Waals surface area (Å²) in [6, 6.07) is 2.30. The van der Waals surface area contributed by atoms with Gasteiger partial charge in [0.05, 0.1) is 24.8 Å². The fraction of sp³-hybridized carbons (Fsp3) is 0.417. The van der Waals surface area contributed by atoms with Crippen LogP contribution in [0.3, 0.4) is 0 Å². The molecule has 1 saturated carbocycles. The summed E-state index contributed by atoms with van der Waals surface area (Å²) in [6.45, 7) is 0.418. The second-order valence-electron chi connectivity index (χ2n) is 4.56. The molecule has 2 aromatic heterocycles. The first-order valence-corrected chi connectivity index (χ1v) is 6.17. The number of anilines is 1. The lowest BCUT2D eigenvalue weighted by Gasteiger charge is -2.09. The predicted molar refractivity (Wildman–Crippen MR) is 70.0 cm³/mol. The molecule has 1 fully saturated rings. The molecule has 3 N–H and O–H groups in total. The van der Waals surface area contributed by atoms with Crippen LogP contribution in [0.25, 0.3) is 11.5 Å². The summed E-state index contributed by atoms with van der Waals surface area (Å²) >= 11 is 0. The number of nitrogens with one attached hydrogen (secondary N) is 1. The maximum Gasteiger partial charge on any atom is 0.180 e. The molecule has 19 heavy (non-hydrogen) atoms. The first-order chi connectivity index (χ1) is 9.31. The lowest BCUT2D eigenvalue weighted by atomic mass is 10.3. The minimum Gasteiger partial charge on any atom is -0.378 e. The quantitative estimate of drug-likeness (QED) is 0.618. The minimum atomic E-state index is 0.418. The zero-order valence-electron chi connectivity index (χ0n) is 10.7. The van der Waals surface area contributed by atoms with Crippen molar-refractivity contribution in [3.63, 3.8) is 0 Å². The number of rotatable bonds is 5. The SMILES string of the molecule is COCc1cc(NN)nc(-c2cncn2C2CC2)n1. The van der Waals surface area contributed by atoms with E-state index in [9.17, 15) is 0 Å². The maximum atomic E-state index is 5.44. The average Bonchev–Trinajstić information content (AvgIpc) is 3.16. The standard InChI is InChI=1S/C12H16N6O/c1-19-6-8-4-11(17-13)16-12(15-8)10-5-14-7-18(10)9-2-3-9/h4-5,7,9H,2-3,6,13H2,1H3,(H,15,16,17). The number of hydrazine groups is 1. The lowest BCUT2D eigenvalue weighted by Crippen LogP contribution is -2.11. The summed E-state index contributed by atoms with van der Waals surface area (Å²) in [7, 11) is 1.63. The van der Waals surface area contributed by atoms with Crippen LogP contribution in [-0.2, 0) is 11.3 Å². The second kappa shape index (κ2) is 4.94. The third-order valence-corrected chi connectivity index (χ3v) is 3.05. The summed E-state index contributed by atoms with van der Waals surface area (Å²) in [5.74, 6) is 6.63. The van der Waals surface area contributed by atoms with Crippen LogP contribution < -0.4 is 11.3 Å². The number of nitrogens with zero attached hydrogens (tertiary/aromatic N) is 4. The zero-order valence-corrected chi connectivity index (χ0v) is 10.7. The van der Waals surface area contributed by atoms with Crippen molar-refractivity contribution in [2.24, 2.45) is 5.84 Å². The summed E-state index contributed by atoms with van der Waals surface area (Å²) < 4.78 is 7.23. The summed E-state index contributed by atoms with van der Waals surface area (Å²) in [5.41, 5.74) is 4.25. The summed E-state index contributed by atoms with van der Waals surface area (Å²) in [5, 5.41) is 0. The van der Waals surface area contributed by atoms with E-state index in [4.69, 9.17) is 10.6 Å². The molecule has 0 aliphatic heterocycles. The van der Waals surface area contributed by atoms with Crippen molar-refractivity contribution in [1.29, 1.82) is 0 Å². The third-order valence-electron chi connectivity index (χ3n) is 3.05. The van der Waals surface area contributed by atoms with Crippen LogP contribution >= 0.6 is 0 Å². The number of ether oxygens (including phenoxy) is 1. The van der Waals surface area contributed by atoms with Crippen LogP contribution in [0.1, 0.15) is 24.6 Å². The molecule has 0 bridgehead atoms. The molecular weight excluding hydrogens is 244 g/mol. The molecule has 1 aliphatic rings. The molecule has 0 unspecified atom stereocenters. The van der Waals surface area contributed by atoms with Gasteiger partial charge in [-0.25, -0.2) is 20.8 Å². The predicted octanol–water partition coefficient (Wildman–Crippen LogP) is 1.11. The van der Waals surface area contributed by atoms with Gasteiger partial charge in [0.25, 0.3) is 0 Å². The van der Waals surface area contributed by atoms with Crippen LogP contribution in [0, 0.1) is 0 Å². The highest BCUT2D eigenvalue weighted by Crippen LogP contribution is 2.37. The molecule has 0 aromatic carbocycles. The Morgan fingerprint density at radius 1 is 1.47 bits per heavy atom. The third kappa shape index (κ3) is 2.42. The normalized spacial score (nSPS) is 14.6. The van der Waals surface area contributed by atoms with Gasteiger partial charge in [-0.3, -0.25) is 0 Å². The van der Waals surface area contributed by atoms with E-state index in [-0.39, 0.29) is 0 Å². The largest absolute Gasteiger partial charge is 0.378 e. The Labute approximate surface area is 110 Å². The summed E-state index contributed by atoms with van der Waals surface area (Å²) in [6.07, 6.45) is 5.98. The number of hydrogen-bond donors (Lipinski definition) is 2. The first-order valence-electron chi connectivity index (χ1n) is 6.17. The van der Waals surface area contributed by atoms with Crippen molar-refractivity contribution in [2.45, 2.75) is 25.5 Å². The van der Waals surface area contributed by atoms with E-state index in [0.717, 1.165) is 11.4 Å². The smallest absolute Gasteiger partial charge is 0.180 e. The van der Waals surface area contributed by atoms with Crippen molar-refractivity contribution in [3.8, 4) is 11.5 Å². The molecule has 7 heteroatoms. The molecule has 2 aromatic rings. The van der Waals surface area contributed by atoms with E-state index >= 15 is 0 Å². The Balaban J connectivity index is 2.02. The molecule has 1 aliphatic carbocycles. The maximum absolute atomic E-state index is 5.44. The lowest BCUT2D eigenvalue weighted by molar-refractivity contribution is 0.181. The molecule has 0 atom stereocenters. The molecule has 2 heterocycles. The van der Waals surface area contributed by atoms with Crippen LogP contribution in [0.15, 0.2) is 18.6 Å². The Morgan fingerprint density at radius 2 is 2.32 bits per heavy atom. The van der Waals surface area contributed by atoms with Gasteiger partial charge in [-0.1, -0.05) is 0 Å². The first kappa shape index (κ1) is 12.1. The monoisotopic (exact) mass is 260 g/mol. The number of aromatic nitrogens is 4. The van der Waals surface area contributed by atoms with Crippen LogP contribution in [0.4, 0.5) is 5.82 Å². The van der Waals surface area contributed by atoms with Crippen LogP contribution in [0.5, 0.6) is 0 Å². The van der Waals surface area contributed by atoms with Crippen molar-refractivity contribution < 1.29 is 4.74 Å². The molecule has 7 nitrogen and oxygen atoms in total. The second-order valence-corrected chi connectivity index (χ2v) is 4.56. The van der Waals surface area contributed by atoms with E-state index < -0.39 is 0 Å². The highest BCUT2D eigenvalue weighted by molar-refractivity contribution is 5.53. The van der Waals surface area contributed by atoms with Gasteiger partial charge in [0, 0.05) is 19.2 Å². The van der Waals surface area contributed by atoms with Crippen LogP contribution in [-0.4, -0.2) is 26.6 Å². The van der Waals surface area contributed by atoms with Gasteiger partial charge in [0.15, 0.2) is 5.82 Å². The average molecular weight is 260 g/mol. The molecule has 0 spiro atoms. The molecule has 3 rings (SSSR count). The fourth-order valence-corrected chi connectivity index (χ4v) is 2.03. The van der Waals surface area contributed by atoms with E-state index in [1.807, 2.05) is 6.33 Å². The number of imidazole rings is 1. The van der Waals surface area contributed by atoms with E-state index in [1.165, 1.54) is 12.8 Å². The van der Waals surface area contributed by atoms with E-state index in [1.54, 1.807) is 19.4 Å². The Hall–Kier alpha value is -1.99. The van der Waals surface area contributed by atoms with Crippen molar-refractivity contribution in [3.05, 3.63) is 24.3 Å². The number of hydrogen-bond acceptors (Lipinski definition) is 6. The highest BCUT2D eigenvalue weighted by Gasteiger charge is 2.26. The van der Waals surface area contributed by atoms with Crippen LogP contribution in [0.2, 0.25) is 0 Å². The molecule has 0 radical (unpaired) electrons. The Bertz CT molecular complexity index is 577. The molecular formula is C12H16N6O. The van der Waals surface area contributed by atoms with Crippen molar-refractivity contribution in [1.82, 2.24) is 19.5 Å². The van der Waals surface area contributed by atoms with Gasteiger partial charge in [0.2, 0.25) is 0 Å². The van der Waals surface area contributed by atoms with Gasteiger partial charge in [0.1, 0.15) is 11.5 Å². The fourth-order valence-electron chi connectivity index (χ4n) is 2.03. The number of methoxy groups -OCH3 is 1. The Morgan fingerprint density at radius 3 is 3.00 bits per heavy atom. The highest BCUT2D eigenvalue weighted by atomic mass is 16.5. The number of nitrogen functional groups attached to an aromatic ring is 1. The van der Waals surface area contributed by atoms with Gasteiger partial charge >= 0.3 is 0 Å². The van der Waals surface area contributed by atoms with Gasteiger partial charge in [-0.15, -0.1) is 0 Å². The van der Waals surface area contributed by atoms with Gasteiger partial charge in [-0.2, -0.15) is 0 Å². The van der Waals surface area contributed by atoms with E-state index in [0.29, 0.717) is 24.3 Å². The minimum absolute atomic E-state index is 0.418. The Kier molecular flexibility index (Phi) is 3.14.